The first-order valence-corrected chi connectivity index (χ1v) is 5.92. The number of allylic oxidation sites excluding steroid dienone is 5. The highest BCUT2D eigenvalue weighted by molar-refractivity contribution is 5.83. The van der Waals surface area contributed by atoms with Gasteiger partial charge in [-0.15, -0.1) is 0 Å². The molecule has 16 heavy (non-hydrogen) atoms. The molecular weight excluding hydrogens is 196 g/mol. The average Bonchev–Trinajstić information content (AvgIpc) is 2.76. The first-order chi connectivity index (χ1) is 7.74. The van der Waals surface area contributed by atoms with E-state index in [2.05, 4.69) is 29.8 Å². The van der Waals surface area contributed by atoms with Gasteiger partial charge in [0.25, 0.3) is 0 Å². The molecule has 88 valence electrons. The summed E-state index contributed by atoms with van der Waals surface area (Å²) in [7, 11) is 1.78. The highest BCUT2D eigenvalue weighted by Crippen LogP contribution is 2.37. The van der Waals surface area contributed by atoms with Crippen LogP contribution in [0.5, 0.6) is 0 Å². The molecule has 0 heterocycles. The van der Waals surface area contributed by atoms with Gasteiger partial charge >= 0.3 is 0 Å². The second-order valence-corrected chi connectivity index (χ2v) is 4.19. The summed E-state index contributed by atoms with van der Waals surface area (Å²) in [5, 5.41) is 0. The van der Waals surface area contributed by atoms with Crippen LogP contribution in [0.15, 0.2) is 41.4 Å². The lowest BCUT2D eigenvalue weighted by Gasteiger charge is -2.20. The predicted octanol–water partition coefficient (Wildman–Crippen LogP) is 3.08. The highest BCUT2D eigenvalue weighted by Gasteiger charge is 2.31. The third-order valence-electron chi connectivity index (χ3n) is 3.25. The van der Waals surface area contributed by atoms with E-state index in [1.807, 2.05) is 13.0 Å². The largest absolute Gasteiger partial charge is 0.387 e. The zero-order valence-corrected chi connectivity index (χ0v) is 10.3. The van der Waals surface area contributed by atoms with Gasteiger partial charge in [0.2, 0.25) is 0 Å². The average molecular weight is 218 g/mol. The van der Waals surface area contributed by atoms with Crippen LogP contribution in [0.4, 0.5) is 0 Å². The fourth-order valence-electron chi connectivity index (χ4n) is 2.51. The van der Waals surface area contributed by atoms with Gasteiger partial charge in [0, 0.05) is 13.0 Å². The van der Waals surface area contributed by atoms with Crippen LogP contribution in [0.25, 0.3) is 0 Å². The van der Waals surface area contributed by atoms with Gasteiger partial charge < -0.3 is 5.73 Å². The van der Waals surface area contributed by atoms with Crippen LogP contribution in [-0.2, 0) is 0 Å². The summed E-state index contributed by atoms with van der Waals surface area (Å²) in [6.45, 7) is 5.81. The molecule has 0 aliphatic heterocycles. The van der Waals surface area contributed by atoms with Crippen molar-refractivity contribution in [2.75, 3.05) is 7.05 Å². The molecule has 2 unspecified atom stereocenters. The van der Waals surface area contributed by atoms with E-state index < -0.39 is 0 Å². The Bertz CT molecular complexity index is 324. The van der Waals surface area contributed by atoms with Crippen molar-refractivity contribution in [2.45, 2.75) is 26.2 Å². The minimum absolute atomic E-state index is 0.410. The Kier molecular flexibility index (Phi) is 5.03. The molecule has 1 aliphatic carbocycles. The van der Waals surface area contributed by atoms with E-state index in [1.54, 1.807) is 7.05 Å². The van der Waals surface area contributed by atoms with Crippen molar-refractivity contribution >= 4 is 5.84 Å². The number of nitrogens with two attached hydrogens (primary N) is 1. The molecule has 0 spiro atoms. The molecule has 0 aromatic heterocycles. The Morgan fingerprint density at radius 2 is 2.06 bits per heavy atom. The monoisotopic (exact) mass is 218 g/mol. The highest BCUT2D eigenvalue weighted by atomic mass is 14.8. The molecule has 0 amide bonds. The van der Waals surface area contributed by atoms with E-state index in [-0.39, 0.29) is 0 Å². The number of hydrogen-bond donors (Lipinski definition) is 1. The Morgan fingerprint density at radius 1 is 1.38 bits per heavy atom. The summed E-state index contributed by atoms with van der Waals surface area (Å²) in [5.74, 6) is 1.72. The molecule has 1 rings (SSSR count). The summed E-state index contributed by atoms with van der Waals surface area (Å²) >= 11 is 0. The molecule has 0 saturated heterocycles. The first kappa shape index (κ1) is 12.8. The van der Waals surface area contributed by atoms with Crippen molar-refractivity contribution in [3.8, 4) is 0 Å². The van der Waals surface area contributed by atoms with Crippen LogP contribution in [-0.4, -0.2) is 12.9 Å². The van der Waals surface area contributed by atoms with Crippen LogP contribution >= 0.6 is 0 Å². The number of aliphatic imine (C=N–C) groups is 1. The Morgan fingerprint density at radius 3 is 2.62 bits per heavy atom. The Hall–Kier alpha value is -1.31. The van der Waals surface area contributed by atoms with Gasteiger partial charge in [-0.2, -0.15) is 0 Å². The van der Waals surface area contributed by atoms with Crippen LogP contribution in [0.1, 0.15) is 26.2 Å². The van der Waals surface area contributed by atoms with Gasteiger partial charge in [-0.3, -0.25) is 4.99 Å². The number of nitrogens with zero attached hydrogens (tertiary/aromatic N) is 1. The summed E-state index contributed by atoms with van der Waals surface area (Å²) in [6, 6.07) is 0. The van der Waals surface area contributed by atoms with Crippen LogP contribution in [0.3, 0.4) is 0 Å². The number of hydrogen-bond acceptors (Lipinski definition) is 1. The minimum Gasteiger partial charge on any atom is -0.387 e. The van der Waals surface area contributed by atoms with Crippen molar-refractivity contribution in [3.05, 3.63) is 36.5 Å². The lowest BCUT2D eigenvalue weighted by atomic mass is 9.87. The van der Waals surface area contributed by atoms with Gasteiger partial charge in [-0.1, -0.05) is 37.3 Å². The van der Waals surface area contributed by atoms with Crippen LogP contribution in [0.2, 0.25) is 0 Å². The predicted molar refractivity (Wildman–Crippen MR) is 71.5 cm³/mol. The molecule has 0 aromatic carbocycles. The van der Waals surface area contributed by atoms with Crippen molar-refractivity contribution < 1.29 is 0 Å². The van der Waals surface area contributed by atoms with Gasteiger partial charge in [-0.05, 0) is 31.3 Å². The van der Waals surface area contributed by atoms with Gasteiger partial charge in [0.15, 0.2) is 0 Å². The normalized spacial score (nSPS) is 27.6. The summed E-state index contributed by atoms with van der Waals surface area (Å²) in [6.07, 6.45) is 11.8. The fourth-order valence-corrected chi connectivity index (χ4v) is 2.51. The lowest BCUT2D eigenvalue weighted by Crippen LogP contribution is -2.27. The molecule has 0 bridgehead atoms. The molecule has 2 N–H and O–H groups in total. The van der Waals surface area contributed by atoms with E-state index in [1.165, 1.54) is 18.4 Å². The molecule has 2 nitrogen and oxygen atoms in total. The Balaban J connectivity index is 2.92. The van der Waals surface area contributed by atoms with Gasteiger partial charge in [-0.25, -0.2) is 0 Å². The molecule has 1 fully saturated rings. The quantitative estimate of drug-likeness (QED) is 0.439. The summed E-state index contributed by atoms with van der Waals surface area (Å²) in [4.78, 5) is 4.14. The maximum absolute atomic E-state index is 5.97. The zero-order valence-electron chi connectivity index (χ0n) is 10.3. The third kappa shape index (κ3) is 2.84. The standard InChI is InChI=1S/C14H22N2/c1-4-7-11(8-5-2)12-9-6-10-13(12)14(15)16-3/h4-5,7-8,12-13H,1,6,9-10H2,2-3H3,(H2,15,16)/b8-5-,11-7+. The molecule has 1 aliphatic rings. The van der Waals surface area contributed by atoms with Crippen LogP contribution in [0, 0.1) is 11.8 Å². The second-order valence-electron chi connectivity index (χ2n) is 4.19. The summed E-state index contributed by atoms with van der Waals surface area (Å²) < 4.78 is 0. The zero-order chi connectivity index (χ0) is 12.0. The molecule has 0 radical (unpaired) electrons. The first-order valence-electron chi connectivity index (χ1n) is 5.92. The maximum Gasteiger partial charge on any atom is 0.0971 e. The van der Waals surface area contributed by atoms with Crippen molar-refractivity contribution in [3.63, 3.8) is 0 Å². The fraction of sp³-hybridized carbons (Fsp3) is 0.500. The maximum atomic E-state index is 5.97. The van der Waals surface area contributed by atoms with Crippen LogP contribution < -0.4 is 5.73 Å². The van der Waals surface area contributed by atoms with Crippen molar-refractivity contribution in [1.29, 1.82) is 0 Å². The number of amidine groups is 1. The van der Waals surface area contributed by atoms with Gasteiger partial charge in [0.1, 0.15) is 0 Å². The Labute approximate surface area is 98.6 Å². The molecule has 0 aromatic rings. The number of rotatable bonds is 4. The van der Waals surface area contributed by atoms with Crippen molar-refractivity contribution in [1.82, 2.24) is 0 Å². The molecule has 1 saturated carbocycles. The van der Waals surface area contributed by atoms with Gasteiger partial charge in [0.05, 0.1) is 5.84 Å². The molecular formula is C14H22N2. The molecule has 2 heteroatoms. The third-order valence-corrected chi connectivity index (χ3v) is 3.25. The molecule has 2 atom stereocenters. The lowest BCUT2D eigenvalue weighted by molar-refractivity contribution is 0.564. The smallest absolute Gasteiger partial charge is 0.0971 e. The minimum atomic E-state index is 0.410. The summed E-state index contributed by atoms with van der Waals surface area (Å²) in [5.41, 5.74) is 7.30. The van der Waals surface area contributed by atoms with E-state index >= 15 is 0 Å². The topological polar surface area (TPSA) is 38.4 Å². The second kappa shape index (κ2) is 6.31. The van der Waals surface area contributed by atoms with E-state index in [0.717, 1.165) is 12.3 Å². The van der Waals surface area contributed by atoms with E-state index in [4.69, 9.17) is 5.73 Å². The van der Waals surface area contributed by atoms with Crippen molar-refractivity contribution in [2.24, 2.45) is 22.6 Å². The SMILES string of the molecule is C=C/C=C(\C=C/C)C1CCCC1C(N)=NC. The van der Waals surface area contributed by atoms with E-state index in [9.17, 15) is 0 Å². The van der Waals surface area contributed by atoms with E-state index in [0.29, 0.717) is 11.8 Å².